The zero-order chi connectivity index (χ0) is 11.3. The summed E-state index contributed by atoms with van der Waals surface area (Å²) in [6.45, 7) is 9.77. The smallest absolute Gasteiger partial charge is 0.0897 e. The lowest BCUT2D eigenvalue weighted by Gasteiger charge is -2.16. The van der Waals surface area contributed by atoms with Gasteiger partial charge >= 0.3 is 0 Å². The van der Waals surface area contributed by atoms with Crippen LogP contribution in [0.15, 0.2) is 5.38 Å². The van der Waals surface area contributed by atoms with Crippen LogP contribution in [0.25, 0.3) is 0 Å². The van der Waals surface area contributed by atoms with Gasteiger partial charge < -0.3 is 5.32 Å². The minimum Gasteiger partial charge on any atom is -0.309 e. The SMILES string of the molecule is CCC(C)CC(C)NCc1csc(C)n1. The molecule has 0 spiro atoms. The van der Waals surface area contributed by atoms with Crippen LogP contribution in [-0.2, 0) is 6.54 Å². The van der Waals surface area contributed by atoms with Crippen LogP contribution in [-0.4, -0.2) is 11.0 Å². The van der Waals surface area contributed by atoms with Crippen LogP contribution in [0, 0.1) is 12.8 Å². The average Bonchev–Trinajstić information content (AvgIpc) is 2.61. The maximum Gasteiger partial charge on any atom is 0.0897 e. The molecule has 1 aromatic rings. The highest BCUT2D eigenvalue weighted by atomic mass is 32.1. The number of hydrogen-bond acceptors (Lipinski definition) is 3. The van der Waals surface area contributed by atoms with E-state index in [2.05, 4.69) is 43.4 Å². The van der Waals surface area contributed by atoms with Crippen LogP contribution in [0.2, 0.25) is 0 Å². The van der Waals surface area contributed by atoms with E-state index in [9.17, 15) is 0 Å². The van der Waals surface area contributed by atoms with Crippen molar-refractivity contribution >= 4 is 11.3 Å². The van der Waals surface area contributed by atoms with Gasteiger partial charge in [-0.05, 0) is 26.2 Å². The lowest BCUT2D eigenvalue weighted by Crippen LogP contribution is -2.27. The fourth-order valence-corrected chi connectivity index (χ4v) is 2.23. The van der Waals surface area contributed by atoms with E-state index in [0.717, 1.165) is 17.5 Å². The van der Waals surface area contributed by atoms with Crippen LogP contribution >= 0.6 is 11.3 Å². The van der Waals surface area contributed by atoms with E-state index < -0.39 is 0 Å². The molecule has 0 fully saturated rings. The second kappa shape index (κ2) is 6.23. The fraction of sp³-hybridized carbons (Fsp3) is 0.750. The molecule has 15 heavy (non-hydrogen) atoms. The third kappa shape index (κ3) is 4.76. The van der Waals surface area contributed by atoms with Crippen LogP contribution in [0.4, 0.5) is 0 Å². The van der Waals surface area contributed by atoms with E-state index in [0.29, 0.717) is 6.04 Å². The molecule has 0 radical (unpaired) electrons. The summed E-state index contributed by atoms with van der Waals surface area (Å²) in [5, 5.41) is 6.81. The molecule has 86 valence electrons. The van der Waals surface area contributed by atoms with Gasteiger partial charge in [-0.25, -0.2) is 4.98 Å². The first-order valence-corrected chi connectivity index (χ1v) is 6.64. The Hall–Kier alpha value is -0.410. The van der Waals surface area contributed by atoms with Gasteiger partial charge in [0.2, 0.25) is 0 Å². The Morgan fingerprint density at radius 1 is 1.47 bits per heavy atom. The van der Waals surface area contributed by atoms with Crippen LogP contribution in [0.1, 0.15) is 44.3 Å². The highest BCUT2D eigenvalue weighted by Crippen LogP contribution is 2.11. The molecule has 1 N–H and O–H groups in total. The molecule has 0 aliphatic carbocycles. The normalized spacial score (nSPS) is 15.2. The summed E-state index contributed by atoms with van der Waals surface area (Å²) in [4.78, 5) is 4.44. The molecule has 2 nitrogen and oxygen atoms in total. The number of aryl methyl sites for hydroxylation is 1. The summed E-state index contributed by atoms with van der Waals surface area (Å²) in [5.74, 6) is 0.810. The van der Waals surface area contributed by atoms with Gasteiger partial charge in [-0.1, -0.05) is 20.3 Å². The first-order chi connectivity index (χ1) is 7.11. The molecule has 0 saturated carbocycles. The predicted octanol–water partition coefficient (Wildman–Crippen LogP) is 3.37. The van der Waals surface area contributed by atoms with Crippen LogP contribution in [0.3, 0.4) is 0 Å². The molecule has 0 saturated heterocycles. The second-order valence-electron chi connectivity index (χ2n) is 4.39. The highest BCUT2D eigenvalue weighted by molar-refractivity contribution is 7.09. The maximum atomic E-state index is 4.44. The maximum absolute atomic E-state index is 4.44. The number of rotatable bonds is 6. The molecule has 1 heterocycles. The Labute approximate surface area is 97.1 Å². The predicted molar refractivity (Wildman–Crippen MR) is 67.2 cm³/mol. The Morgan fingerprint density at radius 3 is 2.73 bits per heavy atom. The summed E-state index contributed by atoms with van der Waals surface area (Å²) >= 11 is 1.72. The molecule has 1 rings (SSSR count). The van der Waals surface area contributed by atoms with Gasteiger partial charge in [-0.15, -0.1) is 11.3 Å². The van der Waals surface area contributed by atoms with E-state index in [4.69, 9.17) is 0 Å². The van der Waals surface area contributed by atoms with Gasteiger partial charge in [0.25, 0.3) is 0 Å². The standard InChI is InChI=1S/C12H22N2S/c1-5-9(2)6-10(3)13-7-12-8-15-11(4)14-12/h8-10,13H,5-7H2,1-4H3. The average molecular weight is 226 g/mol. The van der Waals surface area contributed by atoms with Crippen molar-refractivity contribution in [3.63, 3.8) is 0 Å². The summed E-state index contributed by atoms with van der Waals surface area (Å²) in [5.41, 5.74) is 1.17. The molecule has 2 atom stereocenters. The number of aromatic nitrogens is 1. The van der Waals surface area contributed by atoms with Gasteiger partial charge in [0, 0.05) is 18.0 Å². The molecule has 0 aromatic carbocycles. The minimum absolute atomic E-state index is 0.585. The van der Waals surface area contributed by atoms with E-state index in [-0.39, 0.29) is 0 Å². The Balaban J connectivity index is 2.25. The number of nitrogens with one attached hydrogen (secondary N) is 1. The lowest BCUT2D eigenvalue weighted by molar-refractivity contribution is 0.411. The Kier molecular flexibility index (Phi) is 5.26. The molecule has 0 aliphatic rings. The number of thiazole rings is 1. The zero-order valence-corrected chi connectivity index (χ0v) is 11.0. The molecule has 0 bridgehead atoms. The zero-order valence-electron chi connectivity index (χ0n) is 10.2. The molecule has 2 unspecified atom stereocenters. The fourth-order valence-electron chi connectivity index (χ4n) is 1.62. The third-order valence-electron chi connectivity index (χ3n) is 2.75. The first-order valence-electron chi connectivity index (χ1n) is 5.76. The molecule has 0 aliphatic heterocycles. The largest absolute Gasteiger partial charge is 0.309 e. The van der Waals surface area contributed by atoms with Crippen molar-refractivity contribution in [3.05, 3.63) is 16.1 Å². The van der Waals surface area contributed by atoms with Crippen molar-refractivity contribution in [1.82, 2.24) is 10.3 Å². The van der Waals surface area contributed by atoms with Crippen LogP contribution in [0.5, 0.6) is 0 Å². The van der Waals surface area contributed by atoms with E-state index in [1.807, 2.05) is 0 Å². The van der Waals surface area contributed by atoms with E-state index >= 15 is 0 Å². The summed E-state index contributed by atoms with van der Waals surface area (Å²) in [6, 6.07) is 0.585. The van der Waals surface area contributed by atoms with E-state index in [1.165, 1.54) is 18.5 Å². The second-order valence-corrected chi connectivity index (χ2v) is 5.45. The molecule has 3 heteroatoms. The Bertz CT molecular complexity index is 283. The molecule has 0 amide bonds. The number of nitrogens with zero attached hydrogens (tertiary/aromatic N) is 1. The summed E-state index contributed by atoms with van der Waals surface area (Å²) < 4.78 is 0. The van der Waals surface area contributed by atoms with Crippen molar-refractivity contribution in [2.45, 2.75) is 53.1 Å². The molecular formula is C12H22N2S. The first kappa shape index (κ1) is 12.7. The highest BCUT2D eigenvalue weighted by Gasteiger charge is 2.07. The van der Waals surface area contributed by atoms with Crippen molar-refractivity contribution in [2.75, 3.05) is 0 Å². The van der Waals surface area contributed by atoms with Gasteiger partial charge in [0.05, 0.1) is 10.7 Å². The van der Waals surface area contributed by atoms with Gasteiger partial charge in [0.1, 0.15) is 0 Å². The van der Waals surface area contributed by atoms with E-state index in [1.54, 1.807) is 11.3 Å². The lowest BCUT2D eigenvalue weighted by atomic mass is 10.0. The monoisotopic (exact) mass is 226 g/mol. The topological polar surface area (TPSA) is 24.9 Å². The molecular weight excluding hydrogens is 204 g/mol. The Morgan fingerprint density at radius 2 is 2.20 bits per heavy atom. The summed E-state index contributed by atoms with van der Waals surface area (Å²) in [6.07, 6.45) is 2.52. The molecule has 1 aromatic heterocycles. The quantitative estimate of drug-likeness (QED) is 0.804. The van der Waals surface area contributed by atoms with Gasteiger partial charge in [0.15, 0.2) is 0 Å². The van der Waals surface area contributed by atoms with Gasteiger partial charge in [-0.3, -0.25) is 0 Å². The minimum atomic E-state index is 0.585. The summed E-state index contributed by atoms with van der Waals surface area (Å²) in [7, 11) is 0. The van der Waals surface area contributed by atoms with Crippen molar-refractivity contribution in [2.24, 2.45) is 5.92 Å². The van der Waals surface area contributed by atoms with Gasteiger partial charge in [-0.2, -0.15) is 0 Å². The van der Waals surface area contributed by atoms with Crippen molar-refractivity contribution in [1.29, 1.82) is 0 Å². The van der Waals surface area contributed by atoms with Crippen LogP contribution < -0.4 is 5.32 Å². The van der Waals surface area contributed by atoms with Crippen molar-refractivity contribution in [3.8, 4) is 0 Å². The number of hydrogen-bond donors (Lipinski definition) is 1. The third-order valence-corrected chi connectivity index (χ3v) is 3.57. The van der Waals surface area contributed by atoms with Crippen molar-refractivity contribution < 1.29 is 0 Å².